The molecule has 2 heterocycles. The normalized spacial score (nSPS) is 20.3. The zero-order valence-electron chi connectivity index (χ0n) is 11.5. The van der Waals surface area contributed by atoms with Crippen LogP contribution in [0.3, 0.4) is 0 Å². The molecule has 1 aliphatic rings. The first kappa shape index (κ1) is 13.3. The van der Waals surface area contributed by atoms with E-state index in [9.17, 15) is 4.79 Å². The van der Waals surface area contributed by atoms with Gasteiger partial charge < -0.3 is 9.84 Å². The van der Waals surface area contributed by atoms with E-state index in [1.165, 1.54) is 0 Å². The number of hydrogen-bond acceptors (Lipinski definition) is 4. The van der Waals surface area contributed by atoms with Gasteiger partial charge in [-0.2, -0.15) is 0 Å². The van der Waals surface area contributed by atoms with Crippen molar-refractivity contribution in [3.05, 3.63) is 17.5 Å². The SMILES string of the molecule is CC(C)(C)Cc1cc(CC(=O)[C@@H]2CCCN2)on1. The molecule has 0 aromatic carbocycles. The number of aromatic nitrogens is 1. The Morgan fingerprint density at radius 3 is 2.94 bits per heavy atom. The van der Waals surface area contributed by atoms with Gasteiger partial charge in [-0.25, -0.2) is 0 Å². The summed E-state index contributed by atoms with van der Waals surface area (Å²) in [7, 11) is 0. The number of nitrogens with one attached hydrogen (secondary N) is 1. The first-order valence-electron chi connectivity index (χ1n) is 6.65. The van der Waals surface area contributed by atoms with Crippen LogP contribution < -0.4 is 5.32 Å². The number of carbonyl (C=O) groups excluding carboxylic acids is 1. The smallest absolute Gasteiger partial charge is 0.157 e. The average molecular weight is 250 g/mol. The first-order valence-corrected chi connectivity index (χ1v) is 6.65. The fourth-order valence-electron chi connectivity index (χ4n) is 2.32. The molecular weight excluding hydrogens is 228 g/mol. The fourth-order valence-corrected chi connectivity index (χ4v) is 2.32. The molecule has 18 heavy (non-hydrogen) atoms. The van der Waals surface area contributed by atoms with Gasteiger partial charge >= 0.3 is 0 Å². The molecule has 1 saturated heterocycles. The molecule has 4 heteroatoms. The summed E-state index contributed by atoms with van der Waals surface area (Å²) >= 11 is 0. The molecule has 0 amide bonds. The Bertz CT molecular complexity index is 412. The highest BCUT2D eigenvalue weighted by molar-refractivity contribution is 5.85. The van der Waals surface area contributed by atoms with Crippen molar-refractivity contribution in [2.75, 3.05) is 6.54 Å². The number of rotatable bonds is 4. The van der Waals surface area contributed by atoms with E-state index in [0.717, 1.165) is 31.5 Å². The van der Waals surface area contributed by atoms with Crippen LogP contribution in [0.5, 0.6) is 0 Å². The number of Topliss-reactive ketones (excluding diaryl/α,β-unsaturated/α-hetero) is 1. The van der Waals surface area contributed by atoms with E-state index in [1.807, 2.05) is 6.07 Å². The third-order valence-electron chi connectivity index (χ3n) is 3.12. The summed E-state index contributed by atoms with van der Waals surface area (Å²) in [5, 5.41) is 7.24. The highest BCUT2D eigenvalue weighted by Gasteiger charge is 2.23. The van der Waals surface area contributed by atoms with Crippen molar-refractivity contribution in [1.82, 2.24) is 10.5 Å². The van der Waals surface area contributed by atoms with Crippen LogP contribution in [-0.4, -0.2) is 23.5 Å². The van der Waals surface area contributed by atoms with Crippen molar-refractivity contribution >= 4 is 5.78 Å². The second-order valence-corrected chi connectivity index (χ2v) is 6.31. The molecule has 0 radical (unpaired) electrons. The maximum Gasteiger partial charge on any atom is 0.157 e. The summed E-state index contributed by atoms with van der Waals surface area (Å²) in [6.45, 7) is 7.43. The van der Waals surface area contributed by atoms with Crippen molar-refractivity contribution in [2.45, 2.75) is 52.5 Å². The van der Waals surface area contributed by atoms with E-state index in [1.54, 1.807) is 0 Å². The summed E-state index contributed by atoms with van der Waals surface area (Å²) in [6, 6.07) is 1.93. The molecule has 100 valence electrons. The third-order valence-corrected chi connectivity index (χ3v) is 3.12. The highest BCUT2D eigenvalue weighted by Crippen LogP contribution is 2.20. The molecule has 0 aliphatic carbocycles. The molecule has 4 nitrogen and oxygen atoms in total. The van der Waals surface area contributed by atoms with Crippen LogP contribution in [0.1, 0.15) is 45.1 Å². The maximum atomic E-state index is 12.0. The fraction of sp³-hybridized carbons (Fsp3) is 0.714. The number of ketones is 1. The van der Waals surface area contributed by atoms with Crippen molar-refractivity contribution in [3.8, 4) is 0 Å². The first-order chi connectivity index (χ1) is 8.44. The molecule has 1 aromatic rings. The Balaban J connectivity index is 1.92. The predicted molar refractivity (Wildman–Crippen MR) is 69.4 cm³/mol. The molecule has 1 N–H and O–H groups in total. The van der Waals surface area contributed by atoms with Crippen molar-refractivity contribution in [1.29, 1.82) is 0 Å². The largest absolute Gasteiger partial charge is 0.361 e. The Morgan fingerprint density at radius 2 is 2.33 bits per heavy atom. The van der Waals surface area contributed by atoms with E-state index in [0.29, 0.717) is 12.2 Å². The quantitative estimate of drug-likeness (QED) is 0.889. The molecule has 0 spiro atoms. The second kappa shape index (κ2) is 5.22. The number of hydrogen-bond donors (Lipinski definition) is 1. The van der Waals surface area contributed by atoms with Crippen LogP contribution in [0.15, 0.2) is 10.6 Å². The van der Waals surface area contributed by atoms with E-state index in [2.05, 4.69) is 31.2 Å². The Morgan fingerprint density at radius 1 is 1.56 bits per heavy atom. The third kappa shape index (κ3) is 3.67. The number of nitrogens with zero attached hydrogens (tertiary/aromatic N) is 1. The van der Waals surface area contributed by atoms with Crippen molar-refractivity contribution in [3.63, 3.8) is 0 Å². The lowest BCUT2D eigenvalue weighted by Crippen LogP contribution is -2.31. The van der Waals surface area contributed by atoms with Crippen LogP contribution in [0.2, 0.25) is 0 Å². The molecule has 0 saturated carbocycles. The van der Waals surface area contributed by atoms with Crippen LogP contribution in [0.4, 0.5) is 0 Å². The van der Waals surface area contributed by atoms with Crippen molar-refractivity contribution in [2.24, 2.45) is 5.41 Å². The van der Waals surface area contributed by atoms with Gasteiger partial charge in [0.2, 0.25) is 0 Å². The summed E-state index contributed by atoms with van der Waals surface area (Å²) < 4.78 is 5.24. The summed E-state index contributed by atoms with van der Waals surface area (Å²) in [6.07, 6.45) is 3.26. The van der Waals surface area contributed by atoms with Gasteiger partial charge in [0.25, 0.3) is 0 Å². The average Bonchev–Trinajstić information content (AvgIpc) is 2.86. The molecule has 1 atom stereocenters. The molecular formula is C14H22N2O2. The molecule has 1 aliphatic heterocycles. The number of carbonyl (C=O) groups is 1. The molecule has 0 unspecified atom stereocenters. The van der Waals surface area contributed by atoms with Crippen LogP contribution in [-0.2, 0) is 17.6 Å². The predicted octanol–water partition coefficient (Wildman–Crippen LogP) is 2.13. The Hall–Kier alpha value is -1.16. The van der Waals surface area contributed by atoms with Crippen molar-refractivity contribution < 1.29 is 9.32 Å². The second-order valence-electron chi connectivity index (χ2n) is 6.31. The van der Waals surface area contributed by atoms with Crippen LogP contribution in [0.25, 0.3) is 0 Å². The highest BCUT2D eigenvalue weighted by atomic mass is 16.5. The summed E-state index contributed by atoms with van der Waals surface area (Å²) in [5.41, 5.74) is 1.12. The standard InChI is InChI=1S/C14H22N2O2/c1-14(2,3)9-10-7-11(18-16-10)8-13(17)12-5-4-6-15-12/h7,12,15H,4-6,8-9H2,1-3H3/t12-/m0/s1. The van der Waals surface area contributed by atoms with Gasteiger partial charge in [0.05, 0.1) is 18.2 Å². The molecule has 1 fully saturated rings. The Kier molecular flexibility index (Phi) is 3.85. The zero-order valence-corrected chi connectivity index (χ0v) is 11.5. The van der Waals surface area contributed by atoms with E-state index in [4.69, 9.17) is 4.52 Å². The minimum atomic E-state index is 0.0150. The molecule has 2 rings (SSSR count). The van der Waals surface area contributed by atoms with E-state index >= 15 is 0 Å². The van der Waals surface area contributed by atoms with E-state index < -0.39 is 0 Å². The lowest BCUT2D eigenvalue weighted by Gasteiger charge is -2.14. The van der Waals surface area contributed by atoms with Gasteiger partial charge in [-0.3, -0.25) is 4.79 Å². The van der Waals surface area contributed by atoms with Gasteiger partial charge in [0.1, 0.15) is 5.76 Å². The monoisotopic (exact) mass is 250 g/mol. The van der Waals surface area contributed by atoms with Gasteiger partial charge in [-0.05, 0) is 31.2 Å². The molecule has 0 bridgehead atoms. The minimum Gasteiger partial charge on any atom is -0.361 e. The Labute approximate surface area is 108 Å². The van der Waals surface area contributed by atoms with Gasteiger partial charge in [-0.15, -0.1) is 0 Å². The summed E-state index contributed by atoms with van der Waals surface area (Å²) in [4.78, 5) is 12.0. The molecule has 1 aromatic heterocycles. The lowest BCUT2D eigenvalue weighted by atomic mass is 9.90. The van der Waals surface area contributed by atoms with Gasteiger partial charge in [-0.1, -0.05) is 25.9 Å². The van der Waals surface area contributed by atoms with Gasteiger partial charge in [0, 0.05) is 6.07 Å². The minimum absolute atomic E-state index is 0.0150. The van der Waals surface area contributed by atoms with Crippen LogP contribution >= 0.6 is 0 Å². The van der Waals surface area contributed by atoms with Gasteiger partial charge in [0.15, 0.2) is 5.78 Å². The lowest BCUT2D eigenvalue weighted by molar-refractivity contribution is -0.120. The zero-order chi connectivity index (χ0) is 13.2. The van der Waals surface area contributed by atoms with E-state index in [-0.39, 0.29) is 17.2 Å². The maximum absolute atomic E-state index is 12.0. The summed E-state index contributed by atoms with van der Waals surface area (Å²) in [5.74, 6) is 0.902. The topological polar surface area (TPSA) is 55.1 Å². The van der Waals surface area contributed by atoms with Crippen LogP contribution in [0, 0.1) is 5.41 Å².